The largest absolute Gasteiger partial charge is 0.453 e. The number of likely N-dealkylation sites (tertiary alicyclic amines) is 1. The van der Waals surface area contributed by atoms with Gasteiger partial charge >= 0.3 is 6.09 Å². The highest BCUT2D eigenvalue weighted by atomic mass is 16.5. The summed E-state index contributed by atoms with van der Waals surface area (Å²) in [7, 11) is 1.44. The molecule has 1 aliphatic heterocycles. The van der Waals surface area contributed by atoms with Crippen molar-refractivity contribution < 1.29 is 9.53 Å². The zero-order chi connectivity index (χ0) is 11.3. The van der Waals surface area contributed by atoms with E-state index in [1.54, 1.807) is 4.90 Å². The van der Waals surface area contributed by atoms with Gasteiger partial charge in [0.25, 0.3) is 0 Å². The molecule has 1 rings (SSSR count). The molecule has 1 heterocycles. The Morgan fingerprint density at radius 2 is 2.33 bits per heavy atom. The lowest BCUT2D eigenvalue weighted by Crippen LogP contribution is -2.48. The van der Waals surface area contributed by atoms with Gasteiger partial charge in [0.2, 0.25) is 0 Å². The quantitative estimate of drug-likeness (QED) is 0.773. The average molecular weight is 214 g/mol. The standard InChI is InChI=1S/C11H22N2O2/c1-9(2)7-12-10-5-4-6-13(8-10)11(14)15-3/h9-10,12H,4-8H2,1-3H3. The predicted octanol–water partition coefficient (Wildman–Crippen LogP) is 1.46. The van der Waals surface area contributed by atoms with Crippen molar-refractivity contribution in [3.8, 4) is 0 Å². The van der Waals surface area contributed by atoms with Crippen molar-refractivity contribution >= 4 is 6.09 Å². The van der Waals surface area contributed by atoms with E-state index in [1.165, 1.54) is 7.11 Å². The van der Waals surface area contributed by atoms with E-state index >= 15 is 0 Å². The number of hydrogen-bond acceptors (Lipinski definition) is 3. The summed E-state index contributed by atoms with van der Waals surface area (Å²) < 4.78 is 4.72. The second-order valence-corrected chi connectivity index (χ2v) is 4.56. The van der Waals surface area contributed by atoms with E-state index in [0.717, 1.165) is 32.5 Å². The minimum atomic E-state index is -0.203. The van der Waals surface area contributed by atoms with Crippen molar-refractivity contribution in [1.29, 1.82) is 0 Å². The molecule has 0 aromatic rings. The summed E-state index contributed by atoms with van der Waals surface area (Å²) in [5, 5.41) is 3.48. The summed E-state index contributed by atoms with van der Waals surface area (Å²) in [6.45, 7) is 6.99. The maximum Gasteiger partial charge on any atom is 0.409 e. The summed E-state index contributed by atoms with van der Waals surface area (Å²) in [6, 6.07) is 0.431. The van der Waals surface area contributed by atoms with Gasteiger partial charge in [-0.25, -0.2) is 4.79 Å². The van der Waals surface area contributed by atoms with E-state index < -0.39 is 0 Å². The molecule has 4 nitrogen and oxygen atoms in total. The van der Waals surface area contributed by atoms with E-state index in [0.29, 0.717) is 12.0 Å². The Morgan fingerprint density at radius 3 is 2.93 bits per heavy atom. The van der Waals surface area contributed by atoms with Crippen molar-refractivity contribution in [3.05, 3.63) is 0 Å². The molecular formula is C11H22N2O2. The zero-order valence-electron chi connectivity index (χ0n) is 9.95. The summed E-state index contributed by atoms with van der Waals surface area (Å²) in [5.74, 6) is 0.651. The van der Waals surface area contributed by atoms with Crippen LogP contribution in [0.3, 0.4) is 0 Å². The van der Waals surface area contributed by atoms with Gasteiger partial charge in [-0.2, -0.15) is 0 Å². The van der Waals surface area contributed by atoms with Gasteiger partial charge in [0.1, 0.15) is 0 Å². The van der Waals surface area contributed by atoms with Gasteiger partial charge in [-0.1, -0.05) is 13.8 Å². The van der Waals surface area contributed by atoms with Crippen LogP contribution in [-0.2, 0) is 4.74 Å². The molecule has 0 aliphatic carbocycles. The van der Waals surface area contributed by atoms with Crippen LogP contribution in [0.1, 0.15) is 26.7 Å². The maximum absolute atomic E-state index is 11.3. The molecule has 0 aromatic carbocycles. The third-order valence-corrected chi connectivity index (χ3v) is 2.67. The molecule has 0 saturated carbocycles. The SMILES string of the molecule is COC(=O)N1CCCC(NCC(C)C)C1. The van der Waals surface area contributed by atoms with Crippen LogP contribution < -0.4 is 5.32 Å². The third-order valence-electron chi connectivity index (χ3n) is 2.67. The van der Waals surface area contributed by atoms with Crippen molar-refractivity contribution in [2.75, 3.05) is 26.7 Å². The Balaban J connectivity index is 2.32. The number of nitrogens with zero attached hydrogens (tertiary/aromatic N) is 1. The molecule has 1 amide bonds. The predicted molar refractivity (Wildman–Crippen MR) is 59.8 cm³/mol. The van der Waals surface area contributed by atoms with E-state index in [2.05, 4.69) is 19.2 Å². The van der Waals surface area contributed by atoms with Crippen LogP contribution in [0.25, 0.3) is 0 Å². The van der Waals surface area contributed by atoms with Gasteiger partial charge in [0, 0.05) is 19.1 Å². The fourth-order valence-electron chi connectivity index (χ4n) is 1.84. The van der Waals surface area contributed by atoms with Crippen molar-refractivity contribution in [2.45, 2.75) is 32.7 Å². The fraction of sp³-hybridized carbons (Fsp3) is 0.909. The molecule has 0 spiro atoms. The monoisotopic (exact) mass is 214 g/mol. The maximum atomic E-state index is 11.3. The number of nitrogens with one attached hydrogen (secondary N) is 1. The first-order valence-electron chi connectivity index (χ1n) is 5.69. The van der Waals surface area contributed by atoms with E-state index in [4.69, 9.17) is 4.74 Å². The van der Waals surface area contributed by atoms with Crippen molar-refractivity contribution in [1.82, 2.24) is 10.2 Å². The molecule has 15 heavy (non-hydrogen) atoms. The third kappa shape index (κ3) is 4.08. The minimum absolute atomic E-state index is 0.203. The molecule has 1 N–H and O–H groups in total. The second-order valence-electron chi connectivity index (χ2n) is 4.56. The fourth-order valence-corrected chi connectivity index (χ4v) is 1.84. The van der Waals surface area contributed by atoms with Crippen LogP contribution in [-0.4, -0.2) is 43.8 Å². The Labute approximate surface area is 92.0 Å². The number of ether oxygens (including phenoxy) is 1. The van der Waals surface area contributed by atoms with Crippen LogP contribution in [0, 0.1) is 5.92 Å². The summed E-state index contributed by atoms with van der Waals surface area (Å²) >= 11 is 0. The van der Waals surface area contributed by atoms with Crippen LogP contribution in [0.5, 0.6) is 0 Å². The zero-order valence-corrected chi connectivity index (χ0v) is 9.95. The van der Waals surface area contributed by atoms with Crippen LogP contribution in [0.4, 0.5) is 4.79 Å². The Morgan fingerprint density at radius 1 is 1.60 bits per heavy atom. The summed E-state index contributed by atoms with van der Waals surface area (Å²) in [5.41, 5.74) is 0. The molecule has 0 radical (unpaired) electrons. The lowest BCUT2D eigenvalue weighted by atomic mass is 10.1. The summed E-state index contributed by atoms with van der Waals surface area (Å²) in [6.07, 6.45) is 2.01. The first kappa shape index (κ1) is 12.3. The first-order chi connectivity index (χ1) is 7.13. The average Bonchev–Trinajstić information content (AvgIpc) is 2.25. The Bertz CT molecular complexity index is 207. The molecule has 4 heteroatoms. The Kier molecular flexibility index (Phi) is 4.88. The highest BCUT2D eigenvalue weighted by molar-refractivity contribution is 5.67. The highest BCUT2D eigenvalue weighted by Gasteiger charge is 2.23. The molecular weight excluding hydrogens is 192 g/mol. The Hall–Kier alpha value is -0.770. The van der Waals surface area contributed by atoms with E-state index in [9.17, 15) is 4.79 Å². The lowest BCUT2D eigenvalue weighted by molar-refractivity contribution is 0.107. The van der Waals surface area contributed by atoms with Gasteiger partial charge in [-0.15, -0.1) is 0 Å². The molecule has 1 fully saturated rings. The molecule has 1 unspecified atom stereocenters. The van der Waals surface area contributed by atoms with Crippen molar-refractivity contribution in [2.24, 2.45) is 5.92 Å². The molecule has 1 atom stereocenters. The topological polar surface area (TPSA) is 41.6 Å². The number of methoxy groups -OCH3 is 1. The molecule has 0 bridgehead atoms. The molecule has 1 saturated heterocycles. The second kappa shape index (κ2) is 5.95. The lowest BCUT2D eigenvalue weighted by Gasteiger charge is -2.32. The van der Waals surface area contributed by atoms with Crippen LogP contribution in [0.2, 0.25) is 0 Å². The molecule has 1 aliphatic rings. The minimum Gasteiger partial charge on any atom is -0.453 e. The van der Waals surface area contributed by atoms with Gasteiger partial charge in [0.15, 0.2) is 0 Å². The number of amides is 1. The smallest absolute Gasteiger partial charge is 0.409 e. The van der Waals surface area contributed by atoms with Crippen molar-refractivity contribution in [3.63, 3.8) is 0 Å². The number of carbonyl (C=O) groups excluding carboxylic acids is 1. The number of carbonyl (C=O) groups is 1. The van der Waals surface area contributed by atoms with Gasteiger partial charge in [-0.05, 0) is 25.3 Å². The first-order valence-corrected chi connectivity index (χ1v) is 5.69. The summed E-state index contributed by atoms with van der Waals surface area (Å²) in [4.78, 5) is 13.1. The molecule has 0 aromatic heterocycles. The van der Waals surface area contributed by atoms with Gasteiger partial charge in [0.05, 0.1) is 7.11 Å². The number of hydrogen-bond donors (Lipinski definition) is 1. The van der Waals surface area contributed by atoms with E-state index in [1.807, 2.05) is 0 Å². The normalized spacial score (nSPS) is 21.9. The number of rotatable bonds is 3. The van der Waals surface area contributed by atoms with Gasteiger partial charge in [-0.3, -0.25) is 0 Å². The van der Waals surface area contributed by atoms with Gasteiger partial charge < -0.3 is 15.0 Å². The van der Waals surface area contributed by atoms with Crippen LogP contribution >= 0.6 is 0 Å². The van der Waals surface area contributed by atoms with E-state index in [-0.39, 0.29) is 6.09 Å². The molecule has 88 valence electrons. The highest BCUT2D eigenvalue weighted by Crippen LogP contribution is 2.11. The van der Waals surface area contributed by atoms with Crippen LogP contribution in [0.15, 0.2) is 0 Å². The number of piperidine rings is 1.